The number of amides is 2. The van der Waals surface area contributed by atoms with Gasteiger partial charge in [0.2, 0.25) is 5.91 Å². The molecule has 29 heavy (non-hydrogen) atoms. The van der Waals surface area contributed by atoms with E-state index in [1.807, 2.05) is 0 Å². The molecule has 1 aliphatic carbocycles. The third kappa shape index (κ3) is 4.54. The van der Waals surface area contributed by atoms with E-state index >= 15 is 0 Å². The van der Waals surface area contributed by atoms with Gasteiger partial charge in [0.1, 0.15) is 17.3 Å². The molecule has 0 aromatic carbocycles. The quantitative estimate of drug-likeness (QED) is 0.795. The molecule has 1 aromatic heterocycles. The number of fused-ring (bicyclic) bond motifs is 1. The van der Waals surface area contributed by atoms with E-state index in [-0.39, 0.29) is 17.9 Å². The van der Waals surface area contributed by atoms with Crippen LogP contribution in [-0.4, -0.2) is 52.4 Å². The van der Waals surface area contributed by atoms with E-state index in [0.717, 1.165) is 68.8 Å². The van der Waals surface area contributed by atoms with E-state index in [9.17, 15) is 9.59 Å². The molecule has 0 unspecified atom stereocenters. The summed E-state index contributed by atoms with van der Waals surface area (Å²) in [5, 5.41) is 6.50. The van der Waals surface area contributed by atoms with Crippen molar-refractivity contribution in [3.05, 3.63) is 17.1 Å². The Morgan fingerprint density at radius 1 is 1.17 bits per heavy atom. The van der Waals surface area contributed by atoms with Gasteiger partial charge in [0, 0.05) is 43.6 Å². The van der Waals surface area contributed by atoms with Gasteiger partial charge in [-0.25, -0.2) is 9.97 Å². The molecule has 3 heterocycles. The highest BCUT2D eigenvalue weighted by Gasteiger charge is 2.31. The van der Waals surface area contributed by atoms with Gasteiger partial charge in [-0.05, 0) is 38.0 Å². The molecule has 2 N–H and O–H groups in total. The first-order valence-corrected chi connectivity index (χ1v) is 11.2. The maximum Gasteiger partial charge on any atom is 0.270 e. The van der Waals surface area contributed by atoms with Gasteiger partial charge < -0.3 is 15.5 Å². The van der Waals surface area contributed by atoms with Crippen LogP contribution in [0.15, 0.2) is 0 Å². The summed E-state index contributed by atoms with van der Waals surface area (Å²) in [6.07, 6.45) is 7.86. The molecule has 0 radical (unpaired) electrons. The summed E-state index contributed by atoms with van der Waals surface area (Å²) in [4.78, 5) is 36.4. The normalized spacial score (nSPS) is 20.7. The molecular formula is C22H33N5O2. The van der Waals surface area contributed by atoms with Crippen molar-refractivity contribution in [3.63, 3.8) is 0 Å². The Morgan fingerprint density at radius 3 is 2.59 bits per heavy atom. The van der Waals surface area contributed by atoms with E-state index in [4.69, 9.17) is 4.98 Å². The Kier molecular flexibility index (Phi) is 6.01. The van der Waals surface area contributed by atoms with Gasteiger partial charge in [-0.2, -0.15) is 0 Å². The minimum Gasteiger partial charge on any atom is -0.367 e. The van der Waals surface area contributed by atoms with Crippen LogP contribution in [0, 0.1) is 11.8 Å². The third-order valence-electron chi connectivity index (χ3n) is 6.37. The lowest BCUT2D eigenvalue weighted by atomic mass is 10.00. The van der Waals surface area contributed by atoms with Crippen molar-refractivity contribution in [3.8, 4) is 0 Å². The van der Waals surface area contributed by atoms with Crippen molar-refractivity contribution in [2.45, 2.75) is 71.3 Å². The molecule has 3 aliphatic rings. The van der Waals surface area contributed by atoms with E-state index in [1.165, 1.54) is 12.8 Å². The minimum absolute atomic E-state index is 0.0984. The second-order valence-electron chi connectivity index (χ2n) is 9.14. The van der Waals surface area contributed by atoms with Gasteiger partial charge >= 0.3 is 0 Å². The largest absolute Gasteiger partial charge is 0.367 e. The smallest absolute Gasteiger partial charge is 0.270 e. The summed E-state index contributed by atoms with van der Waals surface area (Å²) < 4.78 is 0. The van der Waals surface area contributed by atoms with Crippen LogP contribution >= 0.6 is 0 Å². The number of nitrogens with one attached hydrogen (secondary N) is 2. The second-order valence-corrected chi connectivity index (χ2v) is 9.14. The molecule has 0 spiro atoms. The lowest BCUT2D eigenvalue weighted by Crippen LogP contribution is -2.44. The van der Waals surface area contributed by atoms with Crippen molar-refractivity contribution in [1.29, 1.82) is 0 Å². The standard InChI is InChI=1S/C22H33N5O2/c1-14(2)13-18-25-19-17(7-10-23-21(19)28)20(26-18)24-16-8-11-27(12-9-16)22(29)15-5-3-4-6-15/h14-16H,3-13H2,1-2H3,(H,23,28)(H,24,25,26). The summed E-state index contributed by atoms with van der Waals surface area (Å²) in [7, 11) is 0. The summed E-state index contributed by atoms with van der Waals surface area (Å²) >= 11 is 0. The first-order chi connectivity index (χ1) is 14.0. The number of aromatic nitrogens is 2. The van der Waals surface area contributed by atoms with E-state index < -0.39 is 0 Å². The molecule has 7 heteroatoms. The number of nitrogens with zero attached hydrogens (tertiary/aromatic N) is 3. The highest BCUT2D eigenvalue weighted by molar-refractivity contribution is 5.96. The first kappa shape index (κ1) is 20.1. The van der Waals surface area contributed by atoms with Crippen LogP contribution in [0.25, 0.3) is 0 Å². The lowest BCUT2D eigenvalue weighted by Gasteiger charge is -2.34. The number of hydrogen-bond donors (Lipinski definition) is 2. The van der Waals surface area contributed by atoms with Crippen molar-refractivity contribution >= 4 is 17.6 Å². The van der Waals surface area contributed by atoms with Crippen LogP contribution < -0.4 is 10.6 Å². The average Bonchev–Trinajstić information content (AvgIpc) is 3.23. The van der Waals surface area contributed by atoms with Crippen molar-refractivity contribution in [1.82, 2.24) is 20.2 Å². The van der Waals surface area contributed by atoms with Crippen LogP contribution in [0.1, 0.15) is 74.2 Å². The van der Waals surface area contributed by atoms with Gasteiger partial charge in [-0.15, -0.1) is 0 Å². The van der Waals surface area contributed by atoms with Crippen LogP contribution in [0.3, 0.4) is 0 Å². The first-order valence-electron chi connectivity index (χ1n) is 11.2. The fraction of sp³-hybridized carbons (Fsp3) is 0.727. The predicted molar refractivity (Wildman–Crippen MR) is 112 cm³/mol. The zero-order valence-corrected chi connectivity index (χ0v) is 17.7. The highest BCUT2D eigenvalue weighted by atomic mass is 16.2. The van der Waals surface area contributed by atoms with E-state index in [1.54, 1.807) is 0 Å². The Bertz CT molecular complexity index is 765. The summed E-state index contributed by atoms with van der Waals surface area (Å²) in [5.74, 6) is 2.49. The van der Waals surface area contributed by atoms with Gasteiger partial charge in [-0.1, -0.05) is 26.7 Å². The van der Waals surface area contributed by atoms with Gasteiger partial charge in [0.15, 0.2) is 0 Å². The summed E-state index contributed by atoms with van der Waals surface area (Å²) in [6, 6.07) is 0.276. The maximum atomic E-state index is 12.7. The van der Waals surface area contributed by atoms with Crippen LogP contribution in [-0.2, 0) is 17.6 Å². The number of carbonyl (C=O) groups is 2. The monoisotopic (exact) mass is 399 g/mol. The molecule has 4 rings (SSSR count). The number of carbonyl (C=O) groups excluding carboxylic acids is 2. The summed E-state index contributed by atoms with van der Waals surface area (Å²) in [6.45, 7) is 6.50. The Morgan fingerprint density at radius 2 is 1.90 bits per heavy atom. The molecule has 1 aromatic rings. The number of piperidine rings is 1. The van der Waals surface area contributed by atoms with Crippen molar-refractivity contribution in [2.75, 3.05) is 25.0 Å². The third-order valence-corrected chi connectivity index (χ3v) is 6.37. The number of hydrogen-bond acceptors (Lipinski definition) is 5. The molecule has 2 aliphatic heterocycles. The van der Waals surface area contributed by atoms with Crippen LogP contribution in [0.4, 0.5) is 5.82 Å². The zero-order chi connectivity index (χ0) is 20.4. The highest BCUT2D eigenvalue weighted by Crippen LogP contribution is 2.29. The maximum absolute atomic E-state index is 12.7. The Balaban J connectivity index is 1.44. The molecule has 2 amide bonds. The van der Waals surface area contributed by atoms with Crippen LogP contribution in [0.5, 0.6) is 0 Å². The Labute approximate surface area is 173 Å². The molecule has 1 saturated carbocycles. The molecule has 2 fully saturated rings. The van der Waals surface area contributed by atoms with Crippen molar-refractivity contribution < 1.29 is 9.59 Å². The van der Waals surface area contributed by atoms with Gasteiger partial charge in [-0.3, -0.25) is 9.59 Å². The van der Waals surface area contributed by atoms with Gasteiger partial charge in [0.25, 0.3) is 5.91 Å². The van der Waals surface area contributed by atoms with E-state index in [0.29, 0.717) is 24.1 Å². The van der Waals surface area contributed by atoms with E-state index in [2.05, 4.69) is 34.4 Å². The fourth-order valence-electron chi connectivity index (χ4n) is 4.78. The predicted octanol–water partition coefficient (Wildman–Crippen LogP) is 2.55. The second kappa shape index (κ2) is 8.67. The average molecular weight is 400 g/mol. The Hall–Kier alpha value is -2.18. The SMILES string of the molecule is CC(C)Cc1nc(NC2CCN(C(=O)C3CCCC3)CC2)c2c(n1)C(=O)NCC2. The topological polar surface area (TPSA) is 87.2 Å². The fourth-order valence-corrected chi connectivity index (χ4v) is 4.78. The molecular weight excluding hydrogens is 366 g/mol. The van der Waals surface area contributed by atoms with Crippen LogP contribution in [0.2, 0.25) is 0 Å². The molecule has 0 bridgehead atoms. The minimum atomic E-state index is -0.0984. The molecule has 0 atom stereocenters. The number of rotatable bonds is 5. The summed E-state index contributed by atoms with van der Waals surface area (Å²) in [5.41, 5.74) is 1.46. The molecule has 158 valence electrons. The molecule has 7 nitrogen and oxygen atoms in total. The lowest BCUT2D eigenvalue weighted by molar-refractivity contribution is -0.136. The number of likely N-dealkylation sites (tertiary alicyclic amines) is 1. The van der Waals surface area contributed by atoms with Crippen molar-refractivity contribution in [2.24, 2.45) is 11.8 Å². The molecule has 1 saturated heterocycles. The number of anilines is 1. The van der Waals surface area contributed by atoms with Gasteiger partial charge in [0.05, 0.1) is 0 Å². The zero-order valence-electron chi connectivity index (χ0n) is 17.7.